The van der Waals surface area contributed by atoms with Gasteiger partial charge in [0.2, 0.25) is 5.82 Å². The van der Waals surface area contributed by atoms with E-state index in [1.165, 1.54) is 20.8 Å². The Kier molecular flexibility index (Phi) is 3.53. The number of carboxylic acid groups (broad SMARTS) is 1. The fourth-order valence-electron chi connectivity index (χ4n) is 2.94. The molecule has 1 saturated heterocycles. The fourth-order valence-corrected chi connectivity index (χ4v) is 4.02. The number of aromatic nitrogens is 5. The lowest BCUT2D eigenvalue weighted by Gasteiger charge is -2.18. The predicted molar refractivity (Wildman–Crippen MR) is 87.4 cm³/mol. The topological polar surface area (TPSA) is 127 Å². The Labute approximate surface area is 144 Å². The number of thiazole rings is 1. The molecule has 3 aromatic heterocycles. The SMILES string of the molecule is Cc1noc(-c2nc3sc([C@H]4CCCN4C(=O)O)nc3c(=O)n2C)n1. The van der Waals surface area contributed by atoms with E-state index in [4.69, 9.17) is 4.52 Å². The molecule has 4 heterocycles. The van der Waals surface area contributed by atoms with Crippen LogP contribution in [0.4, 0.5) is 4.79 Å². The lowest BCUT2D eigenvalue weighted by Crippen LogP contribution is -2.28. The van der Waals surface area contributed by atoms with Crippen molar-refractivity contribution >= 4 is 27.8 Å². The van der Waals surface area contributed by atoms with Crippen molar-refractivity contribution in [2.24, 2.45) is 7.05 Å². The summed E-state index contributed by atoms with van der Waals surface area (Å²) >= 11 is 1.22. The molecule has 0 saturated carbocycles. The first kappa shape index (κ1) is 15.7. The van der Waals surface area contributed by atoms with Gasteiger partial charge in [-0.1, -0.05) is 16.5 Å². The molecule has 0 bridgehead atoms. The molecule has 1 aliphatic heterocycles. The largest absolute Gasteiger partial charge is 0.465 e. The standard InChI is InChI=1S/C14H14N6O4S/c1-6-15-10(24-18-6)9-17-12-8(13(21)19(9)2)16-11(25-12)7-4-3-5-20(7)14(22)23/h7H,3-5H2,1-2H3,(H,22,23)/t7-/m1/s1. The maximum absolute atomic E-state index is 12.6. The van der Waals surface area contributed by atoms with Crippen LogP contribution in [0.5, 0.6) is 0 Å². The minimum absolute atomic E-state index is 0.155. The van der Waals surface area contributed by atoms with E-state index in [-0.39, 0.29) is 28.8 Å². The number of hydrogen-bond acceptors (Lipinski definition) is 8. The molecule has 25 heavy (non-hydrogen) atoms. The van der Waals surface area contributed by atoms with Crippen LogP contribution in [0.2, 0.25) is 0 Å². The smallest absolute Gasteiger partial charge is 0.407 e. The average Bonchev–Trinajstić information content (AvgIpc) is 3.28. The molecule has 1 atom stereocenters. The van der Waals surface area contributed by atoms with E-state index in [1.807, 2.05) is 0 Å². The molecule has 130 valence electrons. The second-order valence-electron chi connectivity index (χ2n) is 5.79. The predicted octanol–water partition coefficient (Wildman–Crippen LogP) is 1.56. The summed E-state index contributed by atoms with van der Waals surface area (Å²) in [5, 5.41) is 13.6. The first-order valence-corrected chi connectivity index (χ1v) is 8.45. The van der Waals surface area contributed by atoms with Gasteiger partial charge in [0, 0.05) is 13.6 Å². The normalized spacial score (nSPS) is 17.5. The van der Waals surface area contributed by atoms with Crippen LogP contribution in [-0.2, 0) is 7.05 Å². The van der Waals surface area contributed by atoms with Gasteiger partial charge in [0.1, 0.15) is 5.01 Å². The van der Waals surface area contributed by atoms with E-state index in [2.05, 4.69) is 20.1 Å². The zero-order valence-electron chi connectivity index (χ0n) is 13.5. The zero-order chi connectivity index (χ0) is 17.7. The summed E-state index contributed by atoms with van der Waals surface area (Å²) in [6.45, 7) is 2.14. The van der Waals surface area contributed by atoms with Gasteiger partial charge in [-0.2, -0.15) is 4.98 Å². The van der Waals surface area contributed by atoms with Crippen molar-refractivity contribution in [2.75, 3.05) is 6.54 Å². The zero-order valence-corrected chi connectivity index (χ0v) is 14.3. The number of amides is 1. The van der Waals surface area contributed by atoms with Crippen LogP contribution >= 0.6 is 11.3 Å². The van der Waals surface area contributed by atoms with Gasteiger partial charge in [0.15, 0.2) is 16.2 Å². The minimum Gasteiger partial charge on any atom is -0.465 e. The van der Waals surface area contributed by atoms with E-state index in [0.717, 1.165) is 6.42 Å². The first-order valence-electron chi connectivity index (χ1n) is 7.63. The summed E-state index contributed by atoms with van der Waals surface area (Å²) in [7, 11) is 1.56. The van der Waals surface area contributed by atoms with Crippen LogP contribution < -0.4 is 5.56 Å². The summed E-state index contributed by atoms with van der Waals surface area (Å²) in [6.07, 6.45) is 0.470. The maximum atomic E-state index is 12.6. The van der Waals surface area contributed by atoms with Crippen LogP contribution in [0.25, 0.3) is 22.1 Å². The van der Waals surface area contributed by atoms with Gasteiger partial charge in [-0.05, 0) is 19.8 Å². The van der Waals surface area contributed by atoms with Gasteiger partial charge in [0.25, 0.3) is 11.4 Å². The quantitative estimate of drug-likeness (QED) is 0.727. The molecular weight excluding hydrogens is 348 g/mol. The summed E-state index contributed by atoms with van der Waals surface area (Å²) < 4.78 is 6.41. The van der Waals surface area contributed by atoms with Crippen molar-refractivity contribution in [3.05, 3.63) is 21.2 Å². The number of nitrogens with zero attached hydrogens (tertiary/aromatic N) is 6. The van der Waals surface area contributed by atoms with Gasteiger partial charge in [-0.25, -0.2) is 14.8 Å². The molecule has 11 heteroatoms. The molecule has 0 radical (unpaired) electrons. The molecule has 1 fully saturated rings. The highest BCUT2D eigenvalue weighted by Gasteiger charge is 2.33. The lowest BCUT2D eigenvalue weighted by atomic mass is 10.2. The molecule has 1 N–H and O–H groups in total. The highest BCUT2D eigenvalue weighted by atomic mass is 32.1. The van der Waals surface area contributed by atoms with Crippen molar-refractivity contribution in [3.8, 4) is 11.7 Å². The van der Waals surface area contributed by atoms with Crippen molar-refractivity contribution < 1.29 is 14.4 Å². The van der Waals surface area contributed by atoms with Crippen LogP contribution in [0, 0.1) is 6.92 Å². The number of hydrogen-bond donors (Lipinski definition) is 1. The first-order chi connectivity index (χ1) is 12.0. The molecular formula is C14H14N6O4S. The monoisotopic (exact) mass is 362 g/mol. The lowest BCUT2D eigenvalue weighted by molar-refractivity contribution is 0.140. The third kappa shape index (κ3) is 2.47. The Morgan fingerprint density at radius 1 is 1.36 bits per heavy atom. The van der Waals surface area contributed by atoms with Gasteiger partial charge in [-0.15, -0.1) is 0 Å². The molecule has 0 unspecified atom stereocenters. The van der Waals surface area contributed by atoms with Crippen LogP contribution in [0.15, 0.2) is 9.32 Å². The van der Waals surface area contributed by atoms with Gasteiger partial charge >= 0.3 is 6.09 Å². The number of carbonyl (C=O) groups is 1. The Morgan fingerprint density at radius 2 is 2.16 bits per heavy atom. The maximum Gasteiger partial charge on any atom is 0.407 e. The summed E-state index contributed by atoms with van der Waals surface area (Å²) in [6, 6.07) is -0.337. The molecule has 10 nitrogen and oxygen atoms in total. The summed E-state index contributed by atoms with van der Waals surface area (Å²) in [5.41, 5.74) is -0.113. The number of fused-ring (bicyclic) bond motifs is 1. The molecule has 3 aromatic rings. The fraction of sp³-hybridized carbons (Fsp3) is 0.429. The molecule has 0 aromatic carbocycles. The van der Waals surface area contributed by atoms with E-state index in [9.17, 15) is 14.7 Å². The Hall–Kier alpha value is -2.82. The molecule has 0 spiro atoms. The Balaban J connectivity index is 1.85. The van der Waals surface area contributed by atoms with E-state index in [1.54, 1.807) is 14.0 Å². The summed E-state index contributed by atoms with van der Waals surface area (Å²) in [5.74, 6) is 0.856. The van der Waals surface area contributed by atoms with E-state index in [0.29, 0.717) is 28.6 Å². The highest BCUT2D eigenvalue weighted by molar-refractivity contribution is 7.18. The van der Waals surface area contributed by atoms with Gasteiger partial charge < -0.3 is 9.63 Å². The molecule has 0 aliphatic carbocycles. The second-order valence-corrected chi connectivity index (χ2v) is 6.80. The second kappa shape index (κ2) is 5.62. The Bertz CT molecular complexity index is 1040. The third-order valence-electron chi connectivity index (χ3n) is 4.16. The molecule has 1 amide bonds. The summed E-state index contributed by atoms with van der Waals surface area (Å²) in [4.78, 5) is 38.7. The van der Waals surface area contributed by atoms with Crippen molar-refractivity contribution in [2.45, 2.75) is 25.8 Å². The van der Waals surface area contributed by atoms with Crippen molar-refractivity contribution in [3.63, 3.8) is 0 Å². The van der Waals surface area contributed by atoms with Crippen LogP contribution in [-0.4, -0.2) is 47.3 Å². The number of likely N-dealkylation sites (tertiary alicyclic amines) is 1. The highest BCUT2D eigenvalue weighted by Crippen LogP contribution is 2.35. The third-order valence-corrected chi connectivity index (χ3v) is 5.21. The average molecular weight is 362 g/mol. The Morgan fingerprint density at radius 3 is 2.84 bits per heavy atom. The van der Waals surface area contributed by atoms with Crippen LogP contribution in [0.3, 0.4) is 0 Å². The van der Waals surface area contributed by atoms with E-state index < -0.39 is 6.09 Å². The van der Waals surface area contributed by atoms with Crippen LogP contribution in [0.1, 0.15) is 29.7 Å². The van der Waals surface area contributed by atoms with E-state index >= 15 is 0 Å². The number of aryl methyl sites for hydroxylation is 1. The van der Waals surface area contributed by atoms with Gasteiger partial charge in [0.05, 0.1) is 6.04 Å². The van der Waals surface area contributed by atoms with Gasteiger partial charge in [-0.3, -0.25) is 14.3 Å². The molecule has 4 rings (SSSR count). The number of rotatable bonds is 2. The van der Waals surface area contributed by atoms with Crippen molar-refractivity contribution in [1.29, 1.82) is 0 Å². The molecule has 1 aliphatic rings. The van der Waals surface area contributed by atoms with Crippen molar-refractivity contribution in [1.82, 2.24) is 29.6 Å². The minimum atomic E-state index is -0.982.